The van der Waals surface area contributed by atoms with Crippen molar-refractivity contribution in [2.75, 3.05) is 20.1 Å². The van der Waals surface area contributed by atoms with E-state index in [-0.39, 0.29) is 18.9 Å². The number of imide groups is 1. The lowest BCUT2D eigenvalue weighted by Gasteiger charge is -2.26. The summed E-state index contributed by atoms with van der Waals surface area (Å²) >= 11 is 0. The number of amides is 5. The normalized spacial score (nSPS) is 19.2. The van der Waals surface area contributed by atoms with Crippen LogP contribution in [0.15, 0.2) is 24.3 Å². The smallest absolute Gasteiger partial charge is 0.325 e. The third-order valence-corrected chi connectivity index (χ3v) is 4.66. The van der Waals surface area contributed by atoms with Crippen molar-refractivity contribution in [2.24, 2.45) is 0 Å². The maximum Gasteiger partial charge on any atom is 0.325 e. The molecule has 1 atom stereocenters. The number of urea groups is 1. The van der Waals surface area contributed by atoms with E-state index >= 15 is 0 Å². The van der Waals surface area contributed by atoms with Gasteiger partial charge in [0, 0.05) is 12.6 Å². The highest BCUT2D eigenvalue weighted by molar-refractivity contribution is 6.09. The highest BCUT2D eigenvalue weighted by Gasteiger charge is 2.51. The van der Waals surface area contributed by atoms with Gasteiger partial charge < -0.3 is 15.5 Å². The highest BCUT2D eigenvalue weighted by Crippen LogP contribution is 2.32. The molecule has 29 heavy (non-hydrogen) atoms. The molecule has 1 aliphatic rings. The van der Waals surface area contributed by atoms with Crippen LogP contribution >= 0.6 is 0 Å². The Morgan fingerprint density at radius 3 is 2.31 bits per heavy atom. The van der Waals surface area contributed by atoms with Crippen molar-refractivity contribution in [2.45, 2.75) is 45.2 Å². The summed E-state index contributed by atoms with van der Waals surface area (Å²) in [5.74, 6) is -1.94. The van der Waals surface area contributed by atoms with Gasteiger partial charge in [0.2, 0.25) is 11.8 Å². The monoisotopic (exact) mass is 406 g/mol. The average molecular weight is 406 g/mol. The summed E-state index contributed by atoms with van der Waals surface area (Å²) in [7, 11) is 1.43. The Bertz CT molecular complexity index is 819. The molecule has 2 N–H and O–H groups in total. The molecule has 5 amide bonds. The van der Waals surface area contributed by atoms with Crippen molar-refractivity contribution in [3.63, 3.8) is 0 Å². The Labute approximate surface area is 169 Å². The van der Waals surface area contributed by atoms with Crippen molar-refractivity contribution in [1.82, 2.24) is 20.4 Å². The average Bonchev–Trinajstić information content (AvgIpc) is 2.85. The molecule has 1 fully saturated rings. The summed E-state index contributed by atoms with van der Waals surface area (Å²) < 4.78 is 13.3. The SMILES string of the molecule is CC[C@@]1(c2ccc(F)cc2)NC(=O)N(CC(=O)N(C)CC(=O)NC(C)(C)C)C1=O. The van der Waals surface area contributed by atoms with Gasteiger partial charge in [0.1, 0.15) is 17.9 Å². The summed E-state index contributed by atoms with van der Waals surface area (Å²) in [6.07, 6.45) is 0.234. The highest BCUT2D eigenvalue weighted by atomic mass is 19.1. The first-order valence-electron chi connectivity index (χ1n) is 9.35. The first-order valence-corrected chi connectivity index (χ1v) is 9.35. The number of nitrogens with one attached hydrogen (secondary N) is 2. The molecule has 0 aromatic heterocycles. The van der Waals surface area contributed by atoms with Gasteiger partial charge in [0.25, 0.3) is 5.91 Å². The second-order valence-corrected chi connectivity index (χ2v) is 8.14. The number of likely N-dealkylation sites (N-methyl/N-ethyl adjacent to an activating group) is 1. The van der Waals surface area contributed by atoms with Crippen LogP contribution in [0.4, 0.5) is 9.18 Å². The third kappa shape index (κ3) is 4.90. The fraction of sp³-hybridized carbons (Fsp3) is 0.500. The van der Waals surface area contributed by atoms with Crippen LogP contribution in [0.5, 0.6) is 0 Å². The summed E-state index contributed by atoms with van der Waals surface area (Å²) in [6, 6.07) is 4.59. The lowest BCUT2D eigenvalue weighted by Crippen LogP contribution is -2.49. The molecule has 0 aliphatic carbocycles. The number of rotatable bonds is 6. The maximum atomic E-state index is 13.3. The van der Waals surface area contributed by atoms with E-state index < -0.39 is 41.3 Å². The minimum atomic E-state index is -1.35. The van der Waals surface area contributed by atoms with Gasteiger partial charge in [0.15, 0.2) is 0 Å². The number of hydrogen-bond donors (Lipinski definition) is 2. The van der Waals surface area contributed by atoms with Crippen LogP contribution in [-0.2, 0) is 19.9 Å². The van der Waals surface area contributed by atoms with Gasteiger partial charge in [-0.25, -0.2) is 9.18 Å². The molecule has 158 valence electrons. The lowest BCUT2D eigenvalue weighted by atomic mass is 9.87. The number of carbonyl (C=O) groups is 4. The van der Waals surface area contributed by atoms with Crippen LogP contribution in [0.2, 0.25) is 0 Å². The summed E-state index contributed by atoms with van der Waals surface area (Å²) in [5.41, 5.74) is -1.36. The molecule has 0 bridgehead atoms. The molecule has 9 heteroatoms. The minimum absolute atomic E-state index is 0.198. The van der Waals surface area contributed by atoms with Gasteiger partial charge in [-0.05, 0) is 44.9 Å². The zero-order valence-electron chi connectivity index (χ0n) is 17.3. The van der Waals surface area contributed by atoms with E-state index in [1.54, 1.807) is 6.92 Å². The van der Waals surface area contributed by atoms with Crippen LogP contribution in [0.3, 0.4) is 0 Å². The Hall–Kier alpha value is -2.97. The molecular formula is C20H27FN4O4. The molecule has 1 aliphatic heterocycles. The first-order chi connectivity index (χ1) is 13.4. The zero-order valence-corrected chi connectivity index (χ0v) is 17.3. The predicted molar refractivity (Wildman–Crippen MR) is 104 cm³/mol. The Morgan fingerprint density at radius 2 is 1.79 bits per heavy atom. The standard InChI is InChI=1S/C20H27FN4O4/c1-6-20(13-7-9-14(21)10-8-13)17(28)25(18(29)23-20)12-16(27)24(5)11-15(26)22-19(2,3)4/h7-10H,6,11-12H2,1-5H3,(H,22,26)(H,23,29)/t20-/m0/s1. The van der Waals surface area contributed by atoms with E-state index in [9.17, 15) is 23.6 Å². The molecule has 0 saturated carbocycles. The molecule has 0 radical (unpaired) electrons. The molecule has 0 unspecified atom stereocenters. The van der Waals surface area contributed by atoms with E-state index in [0.717, 1.165) is 9.80 Å². The topological polar surface area (TPSA) is 98.8 Å². The van der Waals surface area contributed by atoms with E-state index in [1.807, 2.05) is 20.8 Å². The number of nitrogens with zero attached hydrogens (tertiary/aromatic N) is 2. The van der Waals surface area contributed by atoms with E-state index in [1.165, 1.54) is 31.3 Å². The molecule has 1 saturated heterocycles. The lowest BCUT2D eigenvalue weighted by molar-refractivity contribution is -0.140. The fourth-order valence-corrected chi connectivity index (χ4v) is 3.16. The number of halogens is 1. The predicted octanol–water partition coefficient (Wildman–Crippen LogP) is 1.36. The quantitative estimate of drug-likeness (QED) is 0.697. The van der Waals surface area contributed by atoms with Gasteiger partial charge in [-0.1, -0.05) is 19.1 Å². The van der Waals surface area contributed by atoms with Crippen molar-refractivity contribution in [1.29, 1.82) is 0 Å². The van der Waals surface area contributed by atoms with Crippen LogP contribution in [0.1, 0.15) is 39.7 Å². The van der Waals surface area contributed by atoms with E-state index in [4.69, 9.17) is 0 Å². The summed E-state index contributed by atoms with van der Waals surface area (Å²) in [6.45, 7) is 6.48. The number of hydrogen-bond acceptors (Lipinski definition) is 4. The molecule has 0 spiro atoms. The molecular weight excluding hydrogens is 379 g/mol. The third-order valence-electron chi connectivity index (χ3n) is 4.66. The van der Waals surface area contributed by atoms with Gasteiger partial charge in [0.05, 0.1) is 6.54 Å². The van der Waals surface area contributed by atoms with Gasteiger partial charge in [-0.15, -0.1) is 0 Å². The number of benzene rings is 1. The van der Waals surface area contributed by atoms with Crippen LogP contribution in [0, 0.1) is 5.82 Å². The molecule has 1 aromatic rings. The van der Waals surface area contributed by atoms with Crippen molar-refractivity contribution < 1.29 is 23.6 Å². The Kier molecular flexibility index (Phi) is 6.30. The van der Waals surface area contributed by atoms with E-state index in [0.29, 0.717) is 5.56 Å². The maximum absolute atomic E-state index is 13.3. The summed E-state index contributed by atoms with van der Waals surface area (Å²) in [4.78, 5) is 51.9. The number of carbonyl (C=O) groups excluding carboxylic acids is 4. The zero-order chi connectivity index (χ0) is 22.0. The minimum Gasteiger partial charge on any atom is -0.350 e. The van der Waals surface area contributed by atoms with Crippen LogP contribution in [-0.4, -0.2) is 59.2 Å². The van der Waals surface area contributed by atoms with Gasteiger partial charge >= 0.3 is 6.03 Å². The van der Waals surface area contributed by atoms with Crippen molar-refractivity contribution in [3.8, 4) is 0 Å². The van der Waals surface area contributed by atoms with Crippen LogP contribution in [0.25, 0.3) is 0 Å². The largest absolute Gasteiger partial charge is 0.350 e. The fourth-order valence-electron chi connectivity index (χ4n) is 3.16. The molecule has 1 heterocycles. The first kappa shape index (κ1) is 22.3. The van der Waals surface area contributed by atoms with Crippen LogP contribution < -0.4 is 10.6 Å². The second-order valence-electron chi connectivity index (χ2n) is 8.14. The Balaban J connectivity index is 2.12. The Morgan fingerprint density at radius 1 is 1.21 bits per heavy atom. The van der Waals surface area contributed by atoms with Gasteiger partial charge in [-0.3, -0.25) is 19.3 Å². The second kappa shape index (κ2) is 8.18. The molecule has 8 nitrogen and oxygen atoms in total. The molecule has 2 rings (SSSR count). The summed E-state index contributed by atoms with van der Waals surface area (Å²) in [5, 5.41) is 5.37. The van der Waals surface area contributed by atoms with Crippen molar-refractivity contribution in [3.05, 3.63) is 35.6 Å². The van der Waals surface area contributed by atoms with E-state index in [2.05, 4.69) is 10.6 Å². The van der Waals surface area contributed by atoms with Crippen molar-refractivity contribution >= 4 is 23.8 Å². The molecule has 1 aromatic carbocycles. The van der Waals surface area contributed by atoms with Gasteiger partial charge in [-0.2, -0.15) is 0 Å².